The molecule has 5 atom stereocenters. The van der Waals surface area contributed by atoms with Gasteiger partial charge in [-0.05, 0) is 51.7 Å². The summed E-state index contributed by atoms with van der Waals surface area (Å²) in [5.41, 5.74) is 8.43. The summed E-state index contributed by atoms with van der Waals surface area (Å²) in [7, 11) is 1.62. The number of quaternary nitrogens is 1. The smallest absolute Gasteiger partial charge is 0.248 e. The molecule has 2 saturated carbocycles. The summed E-state index contributed by atoms with van der Waals surface area (Å²) < 4.78 is 12.1. The number of hydrogen-bond donors (Lipinski definition) is 3. The molecule has 0 radical (unpaired) electrons. The molecular formula is C24H36N5O3+. The number of rotatable bonds is 11. The molecule has 0 bridgehead atoms. The molecule has 0 aromatic heterocycles. The molecule has 0 spiro atoms. The Morgan fingerprint density at radius 2 is 2.19 bits per heavy atom. The average Bonchev–Trinajstić information content (AvgIpc) is 3.31. The van der Waals surface area contributed by atoms with Crippen molar-refractivity contribution in [1.82, 2.24) is 4.59 Å². The summed E-state index contributed by atoms with van der Waals surface area (Å²) in [6.07, 6.45) is 7.65. The van der Waals surface area contributed by atoms with E-state index in [0.717, 1.165) is 25.6 Å². The van der Waals surface area contributed by atoms with Crippen molar-refractivity contribution in [2.24, 2.45) is 16.6 Å². The lowest BCUT2D eigenvalue weighted by Gasteiger charge is -2.24. The van der Waals surface area contributed by atoms with E-state index in [0.29, 0.717) is 23.9 Å². The van der Waals surface area contributed by atoms with Crippen molar-refractivity contribution in [3.63, 3.8) is 0 Å². The molecule has 2 fully saturated rings. The van der Waals surface area contributed by atoms with Gasteiger partial charge in [-0.1, -0.05) is 19.1 Å². The van der Waals surface area contributed by atoms with E-state index in [4.69, 9.17) is 20.4 Å². The first-order valence-corrected chi connectivity index (χ1v) is 11.3. The summed E-state index contributed by atoms with van der Waals surface area (Å²) in [4.78, 5) is 12.5. The van der Waals surface area contributed by atoms with Gasteiger partial charge in [-0.3, -0.25) is 10.2 Å². The minimum atomic E-state index is -0.321. The van der Waals surface area contributed by atoms with Crippen molar-refractivity contribution in [2.75, 3.05) is 19.0 Å². The summed E-state index contributed by atoms with van der Waals surface area (Å²) in [5, 5.41) is 13.9. The van der Waals surface area contributed by atoms with E-state index < -0.39 is 0 Å². The first kappa shape index (κ1) is 24.2. The maximum Gasteiger partial charge on any atom is 0.248 e. The third kappa shape index (κ3) is 4.40. The zero-order valence-corrected chi connectivity index (χ0v) is 19.7. The Hall–Kier alpha value is -2.42. The predicted octanol–water partition coefficient (Wildman–Crippen LogP) is 5.06. The second kappa shape index (κ2) is 9.21. The monoisotopic (exact) mass is 442 g/mol. The Morgan fingerprint density at radius 1 is 1.44 bits per heavy atom. The second-order valence-electron chi connectivity index (χ2n) is 9.38. The maximum absolute atomic E-state index is 12.5. The molecule has 0 heterocycles. The van der Waals surface area contributed by atoms with Gasteiger partial charge in [-0.2, -0.15) is 5.53 Å². The molecule has 0 saturated heterocycles. The fraction of sp³-hybridized carbons (Fsp3) is 0.583. The van der Waals surface area contributed by atoms with Gasteiger partial charge in [0.05, 0.1) is 17.8 Å². The number of nitrogens with zero attached hydrogens (tertiary/aromatic N) is 2. The zero-order valence-electron chi connectivity index (χ0n) is 19.7. The fourth-order valence-electron chi connectivity index (χ4n) is 5.28. The molecule has 3 rings (SSSR count). The normalized spacial score (nSPS) is 30.7. The SMILES string of the molecule is CCOC1CC2(OC(C)C)CC2(CC=CC(=O)Nc2cccc([N+](C)(C=N)N=N)c2)C1C. The molecule has 8 heteroatoms. The molecule has 1 amide bonds. The summed E-state index contributed by atoms with van der Waals surface area (Å²) >= 11 is 0. The van der Waals surface area contributed by atoms with Gasteiger partial charge in [0.15, 0.2) is 5.69 Å². The minimum Gasteiger partial charge on any atom is -0.378 e. The van der Waals surface area contributed by atoms with E-state index in [2.05, 4.69) is 31.3 Å². The Morgan fingerprint density at radius 3 is 2.81 bits per heavy atom. The van der Waals surface area contributed by atoms with Crippen LogP contribution in [0.4, 0.5) is 11.4 Å². The van der Waals surface area contributed by atoms with Gasteiger partial charge in [-0.25, -0.2) is 0 Å². The number of carbonyl (C=O) groups is 1. The molecule has 3 N–H and O–H groups in total. The lowest BCUT2D eigenvalue weighted by atomic mass is 9.87. The predicted molar refractivity (Wildman–Crippen MR) is 126 cm³/mol. The minimum absolute atomic E-state index is 0.0205. The van der Waals surface area contributed by atoms with Crippen molar-refractivity contribution >= 4 is 23.6 Å². The van der Waals surface area contributed by atoms with Gasteiger partial charge < -0.3 is 14.8 Å². The van der Waals surface area contributed by atoms with Crippen LogP contribution in [0.15, 0.2) is 41.6 Å². The van der Waals surface area contributed by atoms with Crippen LogP contribution >= 0.6 is 0 Å². The van der Waals surface area contributed by atoms with Crippen LogP contribution in [0.5, 0.6) is 0 Å². The highest BCUT2D eigenvalue weighted by Gasteiger charge is 2.76. The molecule has 1 aromatic rings. The van der Waals surface area contributed by atoms with Crippen LogP contribution in [-0.2, 0) is 14.3 Å². The first-order chi connectivity index (χ1) is 15.1. The Kier molecular flexibility index (Phi) is 6.97. The van der Waals surface area contributed by atoms with Gasteiger partial charge in [0, 0.05) is 41.5 Å². The van der Waals surface area contributed by atoms with Crippen molar-refractivity contribution in [1.29, 1.82) is 10.9 Å². The quantitative estimate of drug-likeness (QED) is 0.111. The van der Waals surface area contributed by atoms with Crippen LogP contribution in [0.2, 0.25) is 0 Å². The highest BCUT2D eigenvalue weighted by atomic mass is 16.5. The van der Waals surface area contributed by atoms with Gasteiger partial charge in [0.2, 0.25) is 12.2 Å². The molecular weight excluding hydrogens is 406 g/mol. The number of carbonyl (C=O) groups excluding carboxylic acids is 1. The topological polar surface area (TPSA) is 108 Å². The van der Waals surface area contributed by atoms with Crippen molar-refractivity contribution in [3.8, 4) is 0 Å². The maximum atomic E-state index is 12.5. The van der Waals surface area contributed by atoms with E-state index in [1.54, 1.807) is 37.4 Å². The Balaban J connectivity index is 1.66. The lowest BCUT2D eigenvalue weighted by Crippen LogP contribution is -2.36. The molecule has 174 valence electrons. The largest absolute Gasteiger partial charge is 0.378 e. The van der Waals surface area contributed by atoms with Gasteiger partial charge in [0.1, 0.15) is 7.05 Å². The fourth-order valence-corrected chi connectivity index (χ4v) is 5.28. The molecule has 2 aliphatic rings. The van der Waals surface area contributed by atoms with Gasteiger partial charge in [-0.15, -0.1) is 4.59 Å². The molecule has 1 aromatic carbocycles. The molecule has 2 aliphatic carbocycles. The van der Waals surface area contributed by atoms with Crippen molar-refractivity contribution < 1.29 is 14.3 Å². The number of fused-ring (bicyclic) bond motifs is 1. The number of anilines is 1. The molecule has 32 heavy (non-hydrogen) atoms. The third-order valence-corrected chi connectivity index (χ3v) is 7.03. The highest BCUT2D eigenvalue weighted by Crippen LogP contribution is 2.73. The third-order valence-electron chi connectivity index (χ3n) is 7.03. The Labute approximate surface area is 190 Å². The van der Waals surface area contributed by atoms with Crippen LogP contribution in [0.3, 0.4) is 0 Å². The van der Waals surface area contributed by atoms with Gasteiger partial charge >= 0.3 is 0 Å². The highest BCUT2D eigenvalue weighted by molar-refractivity contribution is 5.99. The number of nitrogens with one attached hydrogen (secondary N) is 3. The standard InChI is InChI=1S/C24H35N5O3/c1-6-31-21-14-24(32-17(2)3)15-23(24,18(21)4)12-8-11-22(30)27-19-9-7-10-20(13-19)29(5,16-25)28-26/h7-11,13,16-18,21,25-26H,6,12,14-15H2,1-5H3/p+1. The van der Waals surface area contributed by atoms with Crippen LogP contribution in [-0.4, -0.2) is 43.7 Å². The van der Waals surface area contributed by atoms with Gasteiger partial charge in [0.25, 0.3) is 0 Å². The van der Waals surface area contributed by atoms with Crippen LogP contribution in [0, 0.1) is 22.3 Å². The second-order valence-corrected chi connectivity index (χ2v) is 9.38. The summed E-state index contributed by atoms with van der Waals surface area (Å²) in [6, 6.07) is 7.04. The molecule has 8 nitrogen and oxygen atoms in total. The van der Waals surface area contributed by atoms with Crippen LogP contribution in [0.1, 0.15) is 47.0 Å². The zero-order chi connectivity index (χ0) is 23.6. The van der Waals surface area contributed by atoms with E-state index in [1.165, 1.54) is 0 Å². The van der Waals surface area contributed by atoms with E-state index in [1.807, 2.05) is 13.0 Å². The van der Waals surface area contributed by atoms with Crippen LogP contribution < -0.4 is 9.91 Å². The number of amides is 1. The first-order valence-electron chi connectivity index (χ1n) is 11.3. The molecule has 0 aliphatic heterocycles. The summed E-state index contributed by atoms with van der Waals surface area (Å²) in [5.74, 6) is 0.157. The van der Waals surface area contributed by atoms with E-state index >= 15 is 0 Å². The number of hydrogen-bond acceptors (Lipinski definition) is 6. The lowest BCUT2D eigenvalue weighted by molar-refractivity contribution is -0.111. The molecule has 5 unspecified atom stereocenters. The summed E-state index contributed by atoms with van der Waals surface area (Å²) in [6.45, 7) is 9.12. The Bertz CT molecular complexity index is 893. The number of allylic oxidation sites excluding steroid dienone is 1. The van der Waals surface area contributed by atoms with Crippen molar-refractivity contribution in [3.05, 3.63) is 36.4 Å². The number of benzene rings is 1. The van der Waals surface area contributed by atoms with E-state index in [-0.39, 0.29) is 33.7 Å². The van der Waals surface area contributed by atoms with Crippen molar-refractivity contribution in [2.45, 2.75) is 64.8 Å². The van der Waals surface area contributed by atoms with Crippen LogP contribution in [0.25, 0.3) is 0 Å². The average molecular weight is 443 g/mol. The number of ether oxygens (including phenoxy) is 2. The van der Waals surface area contributed by atoms with E-state index in [9.17, 15) is 4.79 Å².